The molecule has 1 N–H and O–H groups in total. The summed E-state index contributed by atoms with van der Waals surface area (Å²) >= 11 is 0. The predicted molar refractivity (Wildman–Crippen MR) is 66.8 cm³/mol. The van der Waals surface area contributed by atoms with Crippen LogP contribution in [0.15, 0.2) is 4.79 Å². The normalized spacial score (nSPS) is 12.2. The smallest absolute Gasteiger partial charge is 0.254 e. The quantitative estimate of drug-likeness (QED) is 0.836. The minimum Gasteiger partial charge on any atom is -0.310 e. The molecule has 0 aliphatic rings. The molecule has 90 valence electrons. The van der Waals surface area contributed by atoms with E-state index in [9.17, 15) is 4.79 Å². The van der Waals surface area contributed by atoms with Crippen LogP contribution in [0.4, 0.5) is 0 Å². The number of H-pyrrole nitrogens is 1. The van der Waals surface area contributed by atoms with Crippen molar-refractivity contribution in [3.05, 3.63) is 27.4 Å². The maximum atomic E-state index is 11.8. The summed E-state index contributed by atoms with van der Waals surface area (Å²) in [5, 5.41) is 0. The van der Waals surface area contributed by atoms with Gasteiger partial charge in [-0.15, -0.1) is 0 Å². The predicted octanol–water partition coefficient (Wildman–Crippen LogP) is 2.57. The molecule has 0 unspecified atom stereocenters. The van der Waals surface area contributed by atoms with E-state index in [0.29, 0.717) is 5.92 Å². The monoisotopic (exact) mass is 222 g/mol. The van der Waals surface area contributed by atoms with Crippen molar-refractivity contribution in [2.75, 3.05) is 0 Å². The molecule has 3 nitrogen and oxygen atoms in total. The largest absolute Gasteiger partial charge is 0.310 e. The van der Waals surface area contributed by atoms with Crippen molar-refractivity contribution in [1.82, 2.24) is 9.97 Å². The van der Waals surface area contributed by atoms with E-state index in [1.165, 1.54) is 0 Å². The van der Waals surface area contributed by atoms with Crippen molar-refractivity contribution in [1.29, 1.82) is 0 Å². The van der Waals surface area contributed by atoms with Crippen molar-refractivity contribution in [2.45, 2.75) is 53.4 Å². The standard InChI is InChI=1S/C13H22N2O/c1-8(2)7-10-9(3)11(16)15-12(14-10)13(4,5)6/h8H,7H2,1-6H3,(H,14,15,16). The fourth-order valence-corrected chi connectivity index (χ4v) is 1.52. The van der Waals surface area contributed by atoms with Crippen LogP contribution in [-0.4, -0.2) is 9.97 Å². The maximum Gasteiger partial charge on any atom is 0.254 e. The van der Waals surface area contributed by atoms with Gasteiger partial charge in [-0.25, -0.2) is 4.98 Å². The minimum atomic E-state index is -0.113. The van der Waals surface area contributed by atoms with Gasteiger partial charge < -0.3 is 4.98 Å². The highest BCUT2D eigenvalue weighted by atomic mass is 16.1. The van der Waals surface area contributed by atoms with Gasteiger partial charge in [0.15, 0.2) is 0 Å². The number of rotatable bonds is 2. The van der Waals surface area contributed by atoms with Crippen LogP contribution >= 0.6 is 0 Å². The van der Waals surface area contributed by atoms with Gasteiger partial charge in [0.05, 0.1) is 5.69 Å². The van der Waals surface area contributed by atoms with Crippen LogP contribution in [0.5, 0.6) is 0 Å². The molecule has 0 aliphatic carbocycles. The molecule has 0 spiro atoms. The lowest BCUT2D eigenvalue weighted by Crippen LogP contribution is -2.25. The van der Waals surface area contributed by atoms with Crippen LogP contribution in [-0.2, 0) is 11.8 Å². The van der Waals surface area contributed by atoms with Gasteiger partial charge in [0.25, 0.3) is 5.56 Å². The Labute approximate surface area is 97.3 Å². The summed E-state index contributed by atoms with van der Waals surface area (Å²) in [5.74, 6) is 1.29. The molecular weight excluding hydrogens is 200 g/mol. The van der Waals surface area contributed by atoms with Gasteiger partial charge in [-0.05, 0) is 19.3 Å². The van der Waals surface area contributed by atoms with Crippen LogP contribution in [0.2, 0.25) is 0 Å². The van der Waals surface area contributed by atoms with E-state index in [2.05, 4.69) is 44.6 Å². The van der Waals surface area contributed by atoms with Crippen LogP contribution in [0, 0.1) is 12.8 Å². The molecule has 1 aromatic rings. The Morgan fingerprint density at radius 1 is 1.31 bits per heavy atom. The molecule has 0 saturated heterocycles. The number of nitrogens with zero attached hydrogens (tertiary/aromatic N) is 1. The highest BCUT2D eigenvalue weighted by Crippen LogP contribution is 2.18. The Kier molecular flexibility index (Phi) is 3.56. The maximum absolute atomic E-state index is 11.8. The first kappa shape index (κ1) is 12.9. The molecule has 1 aromatic heterocycles. The first-order valence-electron chi connectivity index (χ1n) is 5.82. The van der Waals surface area contributed by atoms with Gasteiger partial charge in [-0.3, -0.25) is 4.79 Å². The van der Waals surface area contributed by atoms with E-state index >= 15 is 0 Å². The van der Waals surface area contributed by atoms with Gasteiger partial charge >= 0.3 is 0 Å². The second-order valence-electron chi connectivity index (χ2n) is 5.83. The Balaban J connectivity index is 3.28. The van der Waals surface area contributed by atoms with Crippen LogP contribution in [0.1, 0.15) is 51.7 Å². The van der Waals surface area contributed by atoms with Crippen molar-refractivity contribution in [2.24, 2.45) is 5.92 Å². The number of nitrogens with one attached hydrogen (secondary N) is 1. The fourth-order valence-electron chi connectivity index (χ4n) is 1.52. The summed E-state index contributed by atoms with van der Waals surface area (Å²) in [6.07, 6.45) is 0.860. The van der Waals surface area contributed by atoms with E-state index in [4.69, 9.17) is 0 Å². The molecule has 0 fully saturated rings. The molecule has 0 amide bonds. The zero-order chi connectivity index (χ0) is 12.5. The first-order valence-corrected chi connectivity index (χ1v) is 5.82. The van der Waals surface area contributed by atoms with Gasteiger partial charge in [-0.2, -0.15) is 0 Å². The Morgan fingerprint density at radius 3 is 2.31 bits per heavy atom. The zero-order valence-corrected chi connectivity index (χ0v) is 11.1. The van der Waals surface area contributed by atoms with Crippen molar-refractivity contribution >= 4 is 0 Å². The van der Waals surface area contributed by atoms with Crippen LogP contribution < -0.4 is 5.56 Å². The molecular formula is C13H22N2O. The molecule has 1 heterocycles. The average molecular weight is 222 g/mol. The summed E-state index contributed by atoms with van der Waals surface area (Å²) in [5.41, 5.74) is 1.57. The molecule has 0 saturated carbocycles. The molecule has 0 bridgehead atoms. The number of hydrogen-bond acceptors (Lipinski definition) is 2. The van der Waals surface area contributed by atoms with Crippen LogP contribution in [0.25, 0.3) is 0 Å². The van der Waals surface area contributed by atoms with E-state index in [1.54, 1.807) is 0 Å². The van der Waals surface area contributed by atoms with Crippen molar-refractivity contribution in [3.63, 3.8) is 0 Å². The zero-order valence-electron chi connectivity index (χ0n) is 11.1. The summed E-state index contributed by atoms with van der Waals surface area (Å²) in [6, 6.07) is 0. The summed E-state index contributed by atoms with van der Waals surface area (Å²) < 4.78 is 0. The third-order valence-corrected chi connectivity index (χ3v) is 2.56. The van der Waals surface area contributed by atoms with E-state index < -0.39 is 0 Å². The molecule has 0 aromatic carbocycles. The lowest BCUT2D eigenvalue weighted by atomic mass is 9.95. The van der Waals surface area contributed by atoms with Gasteiger partial charge in [0.1, 0.15) is 5.82 Å². The number of aromatic amines is 1. The average Bonchev–Trinajstić information content (AvgIpc) is 2.10. The highest BCUT2D eigenvalue weighted by molar-refractivity contribution is 5.18. The second-order valence-corrected chi connectivity index (χ2v) is 5.83. The Bertz CT molecular complexity index is 425. The van der Waals surface area contributed by atoms with Gasteiger partial charge in [-0.1, -0.05) is 34.6 Å². The van der Waals surface area contributed by atoms with E-state index in [1.807, 2.05) is 6.92 Å². The molecule has 0 aliphatic heterocycles. The van der Waals surface area contributed by atoms with E-state index in [-0.39, 0.29) is 11.0 Å². The third kappa shape index (κ3) is 2.94. The number of hydrogen-bond donors (Lipinski definition) is 1. The van der Waals surface area contributed by atoms with Gasteiger partial charge in [0.2, 0.25) is 0 Å². The lowest BCUT2D eigenvalue weighted by Gasteiger charge is -2.19. The minimum absolute atomic E-state index is 0.00410. The Morgan fingerprint density at radius 2 is 1.88 bits per heavy atom. The van der Waals surface area contributed by atoms with E-state index in [0.717, 1.165) is 23.5 Å². The Hall–Kier alpha value is -1.12. The molecule has 16 heavy (non-hydrogen) atoms. The first-order chi connectivity index (χ1) is 7.21. The van der Waals surface area contributed by atoms with Crippen LogP contribution in [0.3, 0.4) is 0 Å². The highest BCUT2D eigenvalue weighted by Gasteiger charge is 2.19. The topological polar surface area (TPSA) is 45.8 Å². The lowest BCUT2D eigenvalue weighted by molar-refractivity contribution is 0.530. The van der Waals surface area contributed by atoms with Gasteiger partial charge in [0, 0.05) is 11.0 Å². The van der Waals surface area contributed by atoms with Crippen molar-refractivity contribution in [3.8, 4) is 0 Å². The fraction of sp³-hybridized carbons (Fsp3) is 0.692. The summed E-state index contributed by atoms with van der Waals surface area (Å²) in [7, 11) is 0. The molecule has 0 atom stereocenters. The molecule has 0 radical (unpaired) electrons. The SMILES string of the molecule is Cc1c(CC(C)C)nc(C(C)(C)C)[nH]c1=O. The van der Waals surface area contributed by atoms with Crippen molar-refractivity contribution < 1.29 is 0 Å². The number of aromatic nitrogens is 2. The third-order valence-electron chi connectivity index (χ3n) is 2.56. The summed E-state index contributed by atoms with van der Waals surface area (Å²) in [4.78, 5) is 19.2. The second kappa shape index (κ2) is 4.40. The summed E-state index contributed by atoms with van der Waals surface area (Å²) in [6.45, 7) is 12.3. The molecule has 1 rings (SSSR count). The molecule has 3 heteroatoms.